The molecule has 2 amide bonds. The van der Waals surface area contributed by atoms with Gasteiger partial charge in [-0.3, -0.25) is 14.2 Å². The van der Waals surface area contributed by atoms with Crippen molar-refractivity contribution in [2.24, 2.45) is 0 Å². The van der Waals surface area contributed by atoms with Crippen LogP contribution in [0.2, 0.25) is 5.02 Å². The third-order valence-corrected chi connectivity index (χ3v) is 6.38. The summed E-state index contributed by atoms with van der Waals surface area (Å²) in [6.45, 7) is 1.70. The fourth-order valence-corrected chi connectivity index (χ4v) is 4.45. The SMILES string of the molecule is O=C(CSc1nnc(COc2ccccc2Cl)n1-c1ccccc1)NCC(=O)N1CCCC1. The van der Waals surface area contributed by atoms with Crippen LogP contribution in [0.5, 0.6) is 5.75 Å². The molecule has 2 heterocycles. The molecule has 1 aromatic heterocycles. The van der Waals surface area contributed by atoms with E-state index in [1.165, 1.54) is 11.8 Å². The third kappa shape index (κ3) is 6.06. The molecule has 0 aliphatic carbocycles. The average molecular weight is 486 g/mol. The Balaban J connectivity index is 1.41. The summed E-state index contributed by atoms with van der Waals surface area (Å²) in [6, 6.07) is 16.8. The Hall–Kier alpha value is -3.04. The van der Waals surface area contributed by atoms with Gasteiger partial charge in [0.1, 0.15) is 12.4 Å². The Morgan fingerprint density at radius 2 is 1.76 bits per heavy atom. The van der Waals surface area contributed by atoms with Crippen molar-refractivity contribution in [1.82, 2.24) is 25.0 Å². The van der Waals surface area contributed by atoms with Crippen LogP contribution in [0.25, 0.3) is 5.69 Å². The fourth-order valence-electron chi connectivity index (χ4n) is 3.46. The zero-order valence-electron chi connectivity index (χ0n) is 17.9. The molecule has 0 spiro atoms. The van der Waals surface area contributed by atoms with E-state index < -0.39 is 0 Å². The lowest BCUT2D eigenvalue weighted by Gasteiger charge is -2.15. The van der Waals surface area contributed by atoms with Gasteiger partial charge in [-0.1, -0.05) is 53.7 Å². The second-order valence-electron chi connectivity index (χ2n) is 7.44. The Kier molecular flexibility index (Phi) is 7.85. The molecule has 1 fully saturated rings. The van der Waals surface area contributed by atoms with Crippen molar-refractivity contribution in [3.05, 3.63) is 65.4 Å². The first kappa shape index (κ1) is 23.1. The maximum atomic E-state index is 12.3. The van der Waals surface area contributed by atoms with Crippen LogP contribution >= 0.6 is 23.4 Å². The quantitative estimate of drug-likeness (QED) is 0.468. The highest BCUT2D eigenvalue weighted by molar-refractivity contribution is 7.99. The second-order valence-corrected chi connectivity index (χ2v) is 8.79. The molecule has 1 saturated heterocycles. The molecule has 0 unspecified atom stereocenters. The number of carbonyl (C=O) groups excluding carboxylic acids is 2. The van der Waals surface area contributed by atoms with Gasteiger partial charge in [-0.15, -0.1) is 10.2 Å². The van der Waals surface area contributed by atoms with E-state index in [0.717, 1.165) is 31.6 Å². The van der Waals surface area contributed by atoms with Gasteiger partial charge in [-0.2, -0.15) is 0 Å². The summed E-state index contributed by atoms with van der Waals surface area (Å²) >= 11 is 7.44. The lowest BCUT2D eigenvalue weighted by Crippen LogP contribution is -2.39. The van der Waals surface area contributed by atoms with E-state index in [2.05, 4.69) is 15.5 Å². The predicted octanol–water partition coefficient (Wildman–Crippen LogP) is 3.33. The molecule has 8 nitrogen and oxygen atoms in total. The lowest BCUT2D eigenvalue weighted by atomic mass is 10.3. The number of ether oxygens (including phenoxy) is 1. The summed E-state index contributed by atoms with van der Waals surface area (Å²) in [5.74, 6) is 0.969. The van der Waals surface area contributed by atoms with Crippen molar-refractivity contribution in [3.63, 3.8) is 0 Å². The number of nitrogens with zero attached hydrogens (tertiary/aromatic N) is 4. The minimum atomic E-state index is -0.232. The number of likely N-dealkylation sites (tertiary alicyclic amines) is 1. The van der Waals surface area contributed by atoms with Crippen LogP contribution in [0.4, 0.5) is 0 Å². The van der Waals surface area contributed by atoms with Crippen molar-refractivity contribution >= 4 is 35.2 Å². The molecular formula is C23H24ClN5O3S. The number of benzene rings is 2. The largest absolute Gasteiger partial charge is 0.484 e. The summed E-state index contributed by atoms with van der Waals surface area (Å²) in [6.07, 6.45) is 2.04. The van der Waals surface area contributed by atoms with Crippen LogP contribution in [0.15, 0.2) is 59.8 Å². The van der Waals surface area contributed by atoms with Crippen LogP contribution < -0.4 is 10.1 Å². The monoisotopic (exact) mass is 485 g/mol. The van der Waals surface area contributed by atoms with Crippen LogP contribution in [-0.4, -0.2) is 56.9 Å². The highest BCUT2D eigenvalue weighted by atomic mass is 35.5. The van der Waals surface area contributed by atoms with E-state index in [1.807, 2.05) is 47.0 Å². The standard InChI is InChI=1S/C23H24ClN5O3S/c24-18-10-4-5-11-19(18)32-15-20-26-27-23(29(20)17-8-2-1-3-9-17)33-16-21(30)25-14-22(31)28-12-6-7-13-28/h1-5,8-11H,6-7,12-16H2,(H,25,30). The average Bonchev–Trinajstić information content (AvgIpc) is 3.51. The summed E-state index contributed by atoms with van der Waals surface area (Å²) < 4.78 is 7.70. The molecule has 172 valence electrons. The van der Waals surface area contributed by atoms with Gasteiger partial charge in [0.2, 0.25) is 11.8 Å². The van der Waals surface area contributed by atoms with Crippen LogP contribution in [0, 0.1) is 0 Å². The van der Waals surface area contributed by atoms with Crippen LogP contribution in [0.1, 0.15) is 18.7 Å². The Morgan fingerprint density at radius 3 is 2.52 bits per heavy atom. The number of hydrogen-bond acceptors (Lipinski definition) is 6. The molecule has 10 heteroatoms. The smallest absolute Gasteiger partial charge is 0.241 e. The molecular weight excluding hydrogens is 462 g/mol. The summed E-state index contributed by atoms with van der Waals surface area (Å²) in [5.41, 5.74) is 0.854. The van der Waals surface area contributed by atoms with Crippen molar-refractivity contribution < 1.29 is 14.3 Å². The molecule has 4 rings (SSSR count). The number of aromatic nitrogens is 3. The number of nitrogens with one attached hydrogen (secondary N) is 1. The van der Waals surface area contributed by atoms with E-state index >= 15 is 0 Å². The van der Waals surface area contributed by atoms with Crippen molar-refractivity contribution in [2.45, 2.75) is 24.6 Å². The third-order valence-electron chi connectivity index (χ3n) is 5.14. The van der Waals surface area contributed by atoms with Gasteiger partial charge in [0.05, 0.1) is 17.3 Å². The van der Waals surface area contributed by atoms with Crippen molar-refractivity contribution in [2.75, 3.05) is 25.4 Å². The minimum Gasteiger partial charge on any atom is -0.484 e. The number of thioether (sulfide) groups is 1. The minimum absolute atomic E-state index is 0.0156. The summed E-state index contributed by atoms with van der Waals surface area (Å²) in [5, 5.41) is 12.3. The molecule has 33 heavy (non-hydrogen) atoms. The van der Waals surface area contributed by atoms with Crippen molar-refractivity contribution in [1.29, 1.82) is 0 Å². The van der Waals surface area contributed by atoms with E-state index in [4.69, 9.17) is 16.3 Å². The van der Waals surface area contributed by atoms with Gasteiger partial charge in [0.25, 0.3) is 0 Å². The molecule has 0 bridgehead atoms. The first-order chi connectivity index (χ1) is 16.1. The predicted molar refractivity (Wildman–Crippen MR) is 127 cm³/mol. The summed E-state index contributed by atoms with van der Waals surface area (Å²) in [4.78, 5) is 26.3. The van der Waals surface area contributed by atoms with E-state index in [-0.39, 0.29) is 30.7 Å². The van der Waals surface area contributed by atoms with Gasteiger partial charge < -0.3 is 15.0 Å². The number of para-hydroxylation sites is 2. The number of halogens is 1. The van der Waals surface area contributed by atoms with Gasteiger partial charge >= 0.3 is 0 Å². The molecule has 1 aliphatic heterocycles. The zero-order valence-corrected chi connectivity index (χ0v) is 19.5. The zero-order chi connectivity index (χ0) is 23.0. The van der Waals surface area contributed by atoms with E-state index in [9.17, 15) is 9.59 Å². The molecule has 2 aromatic carbocycles. The Morgan fingerprint density at radius 1 is 1.03 bits per heavy atom. The summed E-state index contributed by atoms with van der Waals surface area (Å²) in [7, 11) is 0. The number of hydrogen-bond donors (Lipinski definition) is 1. The lowest BCUT2D eigenvalue weighted by molar-refractivity contribution is -0.131. The van der Waals surface area contributed by atoms with E-state index in [0.29, 0.717) is 21.8 Å². The van der Waals surface area contributed by atoms with E-state index in [1.54, 1.807) is 17.0 Å². The molecule has 0 radical (unpaired) electrons. The van der Waals surface area contributed by atoms with Crippen LogP contribution in [0.3, 0.4) is 0 Å². The molecule has 0 atom stereocenters. The van der Waals surface area contributed by atoms with Crippen LogP contribution in [-0.2, 0) is 16.2 Å². The van der Waals surface area contributed by atoms with Crippen molar-refractivity contribution in [3.8, 4) is 11.4 Å². The maximum absolute atomic E-state index is 12.3. The Bertz CT molecular complexity index is 1100. The second kappa shape index (κ2) is 11.2. The fraction of sp³-hybridized carbons (Fsp3) is 0.304. The van der Waals surface area contributed by atoms with Gasteiger partial charge in [0.15, 0.2) is 11.0 Å². The molecule has 0 saturated carbocycles. The Labute approximate surface area is 201 Å². The molecule has 1 aliphatic rings. The number of amides is 2. The van der Waals surface area contributed by atoms with Gasteiger partial charge in [-0.05, 0) is 37.1 Å². The molecule has 1 N–H and O–H groups in total. The number of rotatable bonds is 9. The first-order valence-electron chi connectivity index (χ1n) is 10.7. The van der Waals surface area contributed by atoms with Gasteiger partial charge in [0, 0.05) is 18.8 Å². The molecule has 3 aromatic rings. The highest BCUT2D eigenvalue weighted by Gasteiger charge is 2.19. The topological polar surface area (TPSA) is 89.3 Å². The van der Waals surface area contributed by atoms with Gasteiger partial charge in [-0.25, -0.2) is 0 Å². The maximum Gasteiger partial charge on any atom is 0.241 e. The number of carbonyl (C=O) groups is 2. The first-order valence-corrected chi connectivity index (χ1v) is 12.0. The normalized spacial score (nSPS) is 13.2. The highest BCUT2D eigenvalue weighted by Crippen LogP contribution is 2.26.